The number of pyridine rings is 1. The maximum atomic E-state index is 4.53. The Hall–Kier alpha value is -1.67. The molecule has 0 N–H and O–H groups in total. The molecule has 2 aromatic heterocycles. The zero-order valence-electron chi connectivity index (χ0n) is 10.6. The molecule has 0 saturated heterocycles. The van der Waals surface area contributed by atoms with Crippen LogP contribution in [0.25, 0.3) is 20.5 Å². The van der Waals surface area contributed by atoms with Crippen molar-refractivity contribution in [2.24, 2.45) is 0 Å². The van der Waals surface area contributed by atoms with Crippen molar-refractivity contribution in [2.45, 2.75) is 19.8 Å². The highest BCUT2D eigenvalue weighted by Crippen LogP contribution is 2.33. The number of benzene rings is 1. The van der Waals surface area contributed by atoms with E-state index in [9.17, 15) is 0 Å². The van der Waals surface area contributed by atoms with Crippen molar-refractivity contribution >= 4 is 21.4 Å². The van der Waals surface area contributed by atoms with Gasteiger partial charge in [-0.25, -0.2) is 0 Å². The molecule has 0 unspecified atom stereocenters. The van der Waals surface area contributed by atoms with E-state index in [2.05, 4.69) is 61.3 Å². The van der Waals surface area contributed by atoms with E-state index in [4.69, 9.17) is 0 Å². The minimum absolute atomic E-state index is 0.487. The van der Waals surface area contributed by atoms with Crippen molar-refractivity contribution in [1.29, 1.82) is 0 Å². The first kappa shape index (κ1) is 11.4. The van der Waals surface area contributed by atoms with Gasteiger partial charge in [0.05, 0.1) is 0 Å². The molecule has 3 aromatic rings. The molecule has 1 nitrogen and oxygen atoms in total. The molecule has 0 bridgehead atoms. The fraction of sp³-hybridized carbons (Fsp3) is 0.188. The molecule has 18 heavy (non-hydrogen) atoms. The van der Waals surface area contributed by atoms with Crippen LogP contribution in [0.3, 0.4) is 0 Å². The smallest absolute Gasteiger partial charge is 0.0429 e. The molecule has 90 valence electrons. The fourth-order valence-corrected chi connectivity index (χ4v) is 3.07. The molecule has 0 atom stereocenters. The molecule has 0 saturated carbocycles. The average molecular weight is 253 g/mol. The van der Waals surface area contributed by atoms with Crippen LogP contribution in [-0.4, -0.2) is 4.98 Å². The number of fused-ring (bicyclic) bond motifs is 1. The first-order chi connectivity index (χ1) is 8.74. The SMILES string of the molecule is CC(C)c1ccc(-c2cc3ccccc3s2)cn1. The lowest BCUT2D eigenvalue weighted by Gasteiger charge is -2.04. The monoisotopic (exact) mass is 253 g/mol. The molecule has 2 heterocycles. The van der Waals surface area contributed by atoms with Crippen LogP contribution in [0, 0.1) is 0 Å². The molecule has 0 aliphatic carbocycles. The Kier molecular flexibility index (Phi) is 2.88. The van der Waals surface area contributed by atoms with Crippen molar-refractivity contribution in [1.82, 2.24) is 4.98 Å². The molecular formula is C16H15NS. The van der Waals surface area contributed by atoms with Gasteiger partial charge in [0.25, 0.3) is 0 Å². The normalized spacial score (nSPS) is 11.3. The van der Waals surface area contributed by atoms with E-state index in [-0.39, 0.29) is 0 Å². The average Bonchev–Trinajstić information content (AvgIpc) is 2.82. The number of nitrogens with zero attached hydrogens (tertiary/aromatic N) is 1. The van der Waals surface area contributed by atoms with Gasteiger partial charge in [0.15, 0.2) is 0 Å². The summed E-state index contributed by atoms with van der Waals surface area (Å²) in [6, 6.07) is 15.0. The molecular weight excluding hydrogens is 238 g/mol. The maximum absolute atomic E-state index is 4.53. The summed E-state index contributed by atoms with van der Waals surface area (Å²) >= 11 is 1.82. The number of aromatic nitrogens is 1. The molecule has 0 amide bonds. The van der Waals surface area contributed by atoms with E-state index in [1.165, 1.54) is 20.5 Å². The van der Waals surface area contributed by atoms with Gasteiger partial charge < -0.3 is 0 Å². The van der Waals surface area contributed by atoms with Crippen molar-refractivity contribution < 1.29 is 0 Å². The molecule has 0 spiro atoms. The van der Waals surface area contributed by atoms with E-state index >= 15 is 0 Å². The second-order valence-corrected chi connectivity index (χ2v) is 5.86. The van der Waals surface area contributed by atoms with Crippen LogP contribution < -0.4 is 0 Å². The van der Waals surface area contributed by atoms with Crippen LogP contribution >= 0.6 is 11.3 Å². The van der Waals surface area contributed by atoms with Gasteiger partial charge in [0.1, 0.15) is 0 Å². The van der Waals surface area contributed by atoms with Crippen LogP contribution in [0.1, 0.15) is 25.5 Å². The Labute approximate surface area is 111 Å². The second-order valence-electron chi connectivity index (χ2n) is 4.77. The molecule has 0 radical (unpaired) electrons. The third-order valence-corrected chi connectivity index (χ3v) is 4.25. The lowest BCUT2D eigenvalue weighted by molar-refractivity contribution is 0.823. The van der Waals surface area contributed by atoms with E-state index in [1.807, 2.05) is 17.5 Å². The lowest BCUT2D eigenvalue weighted by atomic mass is 10.1. The van der Waals surface area contributed by atoms with Crippen LogP contribution in [-0.2, 0) is 0 Å². The molecule has 1 aromatic carbocycles. The second kappa shape index (κ2) is 4.54. The summed E-state index contributed by atoms with van der Waals surface area (Å²) < 4.78 is 1.33. The highest BCUT2D eigenvalue weighted by Gasteiger charge is 2.05. The molecule has 3 rings (SSSR count). The van der Waals surface area contributed by atoms with Gasteiger partial charge >= 0.3 is 0 Å². The van der Waals surface area contributed by atoms with Crippen molar-refractivity contribution in [3.63, 3.8) is 0 Å². The number of hydrogen-bond acceptors (Lipinski definition) is 2. The highest BCUT2D eigenvalue weighted by molar-refractivity contribution is 7.22. The van der Waals surface area contributed by atoms with Gasteiger partial charge in [-0.1, -0.05) is 38.1 Å². The highest BCUT2D eigenvalue weighted by atomic mass is 32.1. The van der Waals surface area contributed by atoms with Crippen molar-refractivity contribution in [3.05, 3.63) is 54.4 Å². The van der Waals surface area contributed by atoms with Gasteiger partial charge in [-0.3, -0.25) is 4.98 Å². The van der Waals surface area contributed by atoms with Gasteiger partial charge in [-0.2, -0.15) is 0 Å². The molecule has 0 aliphatic rings. The van der Waals surface area contributed by atoms with Crippen LogP contribution in [0.15, 0.2) is 48.7 Å². The third kappa shape index (κ3) is 2.04. The largest absolute Gasteiger partial charge is 0.260 e. The third-order valence-electron chi connectivity index (χ3n) is 3.09. The summed E-state index contributed by atoms with van der Waals surface area (Å²) in [6.45, 7) is 4.34. The van der Waals surface area contributed by atoms with Crippen molar-refractivity contribution in [3.8, 4) is 10.4 Å². The first-order valence-corrected chi connectivity index (χ1v) is 7.00. The minimum Gasteiger partial charge on any atom is -0.260 e. The Bertz CT molecular complexity index is 632. The Balaban J connectivity index is 2.03. The van der Waals surface area contributed by atoms with E-state index < -0.39 is 0 Å². The number of thiophene rings is 1. The van der Waals surface area contributed by atoms with Gasteiger partial charge in [-0.15, -0.1) is 11.3 Å². The molecule has 0 fully saturated rings. The Morgan fingerprint density at radius 3 is 2.56 bits per heavy atom. The predicted molar refractivity (Wildman–Crippen MR) is 79.1 cm³/mol. The summed E-state index contributed by atoms with van der Waals surface area (Å²) in [6.07, 6.45) is 1.99. The first-order valence-electron chi connectivity index (χ1n) is 6.19. The zero-order chi connectivity index (χ0) is 12.5. The predicted octanol–water partition coefficient (Wildman–Crippen LogP) is 5.09. The summed E-state index contributed by atoms with van der Waals surface area (Å²) in [5.74, 6) is 0.487. The Morgan fingerprint density at radius 2 is 1.89 bits per heavy atom. The van der Waals surface area contributed by atoms with Gasteiger partial charge in [-0.05, 0) is 29.5 Å². The summed E-state index contributed by atoms with van der Waals surface area (Å²) in [5, 5.41) is 1.31. The van der Waals surface area contributed by atoms with Gasteiger partial charge in [0, 0.05) is 27.0 Å². The van der Waals surface area contributed by atoms with Crippen LogP contribution in [0.4, 0.5) is 0 Å². The lowest BCUT2D eigenvalue weighted by Crippen LogP contribution is -1.91. The number of hydrogen-bond donors (Lipinski definition) is 0. The standard InChI is InChI=1S/C16H15NS/c1-11(2)14-8-7-13(10-17-14)16-9-12-5-3-4-6-15(12)18-16/h3-11H,1-2H3. The molecule has 2 heteroatoms. The van der Waals surface area contributed by atoms with Gasteiger partial charge in [0.2, 0.25) is 0 Å². The zero-order valence-corrected chi connectivity index (χ0v) is 11.4. The summed E-state index contributed by atoms with van der Waals surface area (Å²) in [4.78, 5) is 5.82. The van der Waals surface area contributed by atoms with Crippen LogP contribution in [0.2, 0.25) is 0 Å². The minimum atomic E-state index is 0.487. The summed E-state index contributed by atoms with van der Waals surface area (Å²) in [7, 11) is 0. The Morgan fingerprint density at radius 1 is 1.06 bits per heavy atom. The summed E-state index contributed by atoms with van der Waals surface area (Å²) in [5.41, 5.74) is 2.36. The maximum Gasteiger partial charge on any atom is 0.0429 e. The van der Waals surface area contributed by atoms with Crippen LogP contribution in [0.5, 0.6) is 0 Å². The van der Waals surface area contributed by atoms with E-state index in [0.29, 0.717) is 5.92 Å². The number of rotatable bonds is 2. The van der Waals surface area contributed by atoms with E-state index in [0.717, 1.165) is 5.69 Å². The quantitative estimate of drug-likeness (QED) is 0.620. The topological polar surface area (TPSA) is 12.9 Å². The molecule has 0 aliphatic heterocycles. The van der Waals surface area contributed by atoms with E-state index in [1.54, 1.807) is 0 Å². The van der Waals surface area contributed by atoms with Crippen molar-refractivity contribution in [2.75, 3.05) is 0 Å². The fourth-order valence-electron chi connectivity index (χ4n) is 2.02.